The number of nitrogens with one attached hydrogen (secondary N) is 2. The number of fused-ring (bicyclic) bond motifs is 1. The van der Waals surface area contributed by atoms with E-state index in [1.54, 1.807) is 0 Å². The van der Waals surface area contributed by atoms with Crippen LogP contribution in [0.5, 0.6) is 11.5 Å². The number of methoxy groups -OCH3 is 1. The largest absolute Gasteiger partial charge is 0.586 e. The minimum atomic E-state index is -3.64. The molecule has 0 aromatic heterocycles. The number of carbonyl (C=O) groups is 1. The second kappa shape index (κ2) is 5.91. The van der Waals surface area contributed by atoms with Crippen molar-refractivity contribution in [2.45, 2.75) is 6.29 Å². The third-order valence-electron chi connectivity index (χ3n) is 2.48. The number of carbonyl (C=O) groups excluding carboxylic acids is 1. The maximum absolute atomic E-state index is 12.8. The van der Waals surface area contributed by atoms with Crippen molar-refractivity contribution in [3.63, 3.8) is 0 Å². The van der Waals surface area contributed by atoms with Gasteiger partial charge in [0.2, 0.25) is 5.91 Å². The summed E-state index contributed by atoms with van der Waals surface area (Å²) in [7, 11) is 1.53. The van der Waals surface area contributed by atoms with E-state index in [0.29, 0.717) is 18.8 Å². The lowest BCUT2D eigenvalue weighted by Gasteiger charge is -2.07. The highest BCUT2D eigenvalue weighted by Crippen LogP contribution is 2.42. The first-order valence-corrected chi connectivity index (χ1v) is 5.89. The van der Waals surface area contributed by atoms with Crippen molar-refractivity contribution >= 4 is 11.6 Å². The van der Waals surface area contributed by atoms with Gasteiger partial charge in [0.25, 0.3) is 0 Å². The lowest BCUT2D eigenvalue weighted by molar-refractivity contribution is -0.286. The first-order chi connectivity index (χ1) is 9.50. The number of amides is 1. The van der Waals surface area contributed by atoms with Crippen molar-refractivity contribution in [1.29, 1.82) is 0 Å². The Morgan fingerprint density at radius 1 is 1.35 bits per heavy atom. The van der Waals surface area contributed by atoms with E-state index in [0.717, 1.165) is 0 Å². The van der Waals surface area contributed by atoms with E-state index < -0.39 is 6.29 Å². The second-order valence-corrected chi connectivity index (χ2v) is 4.03. The third kappa shape index (κ3) is 3.70. The van der Waals surface area contributed by atoms with Crippen LogP contribution in [0.25, 0.3) is 0 Å². The van der Waals surface area contributed by atoms with Crippen LogP contribution in [0.15, 0.2) is 18.2 Å². The summed E-state index contributed by atoms with van der Waals surface area (Å²) in [4.78, 5) is 11.4. The van der Waals surface area contributed by atoms with Gasteiger partial charge in [-0.05, 0) is 12.1 Å². The molecule has 1 amide bonds. The van der Waals surface area contributed by atoms with Crippen molar-refractivity contribution in [3.05, 3.63) is 18.2 Å². The number of anilines is 1. The van der Waals surface area contributed by atoms with Gasteiger partial charge in [0.05, 0.1) is 13.2 Å². The van der Waals surface area contributed by atoms with E-state index in [9.17, 15) is 13.6 Å². The molecule has 2 rings (SSSR count). The van der Waals surface area contributed by atoms with E-state index in [-0.39, 0.29) is 24.0 Å². The SMILES string of the molecule is COCCNC(=O)CNc1ccc2c(c1)OC(F)(F)O2. The number of ether oxygens (including phenoxy) is 3. The van der Waals surface area contributed by atoms with Crippen LogP contribution in [0, 0.1) is 0 Å². The predicted octanol–water partition coefficient (Wildman–Crippen LogP) is 1.18. The van der Waals surface area contributed by atoms with E-state index in [1.165, 1.54) is 25.3 Å². The molecule has 0 bridgehead atoms. The topological polar surface area (TPSA) is 68.8 Å². The van der Waals surface area contributed by atoms with Crippen molar-refractivity contribution in [2.24, 2.45) is 0 Å². The van der Waals surface area contributed by atoms with Gasteiger partial charge in [-0.25, -0.2) is 0 Å². The number of hydrogen-bond acceptors (Lipinski definition) is 5. The summed E-state index contributed by atoms with van der Waals surface area (Å²) in [5.74, 6) is -0.338. The van der Waals surface area contributed by atoms with Crippen LogP contribution in [-0.4, -0.2) is 39.0 Å². The quantitative estimate of drug-likeness (QED) is 0.769. The Hall–Kier alpha value is -2.09. The fraction of sp³-hybridized carbons (Fsp3) is 0.417. The fourth-order valence-electron chi connectivity index (χ4n) is 1.60. The number of benzene rings is 1. The molecule has 0 fully saturated rings. The molecule has 0 unspecified atom stereocenters. The van der Waals surface area contributed by atoms with Crippen LogP contribution in [0.3, 0.4) is 0 Å². The Morgan fingerprint density at radius 2 is 2.10 bits per heavy atom. The molecular weight excluding hydrogens is 274 g/mol. The number of hydrogen-bond donors (Lipinski definition) is 2. The molecule has 6 nitrogen and oxygen atoms in total. The highest BCUT2D eigenvalue weighted by molar-refractivity contribution is 5.80. The number of rotatable bonds is 6. The van der Waals surface area contributed by atoms with Crippen molar-refractivity contribution in [2.75, 3.05) is 32.1 Å². The van der Waals surface area contributed by atoms with Crippen molar-refractivity contribution in [3.8, 4) is 11.5 Å². The Morgan fingerprint density at radius 3 is 2.85 bits per heavy atom. The molecule has 1 aromatic carbocycles. The van der Waals surface area contributed by atoms with Crippen molar-refractivity contribution in [1.82, 2.24) is 5.32 Å². The average Bonchev–Trinajstić information content (AvgIpc) is 2.69. The monoisotopic (exact) mass is 288 g/mol. The van der Waals surface area contributed by atoms with E-state index >= 15 is 0 Å². The highest BCUT2D eigenvalue weighted by Gasteiger charge is 2.43. The number of halogens is 2. The van der Waals surface area contributed by atoms with Gasteiger partial charge in [-0.2, -0.15) is 0 Å². The van der Waals surface area contributed by atoms with Gasteiger partial charge in [0, 0.05) is 25.4 Å². The van der Waals surface area contributed by atoms with Gasteiger partial charge in [-0.3, -0.25) is 4.79 Å². The first-order valence-electron chi connectivity index (χ1n) is 5.89. The number of alkyl halides is 2. The molecule has 0 saturated carbocycles. The molecule has 2 N–H and O–H groups in total. The Bertz CT molecular complexity index is 496. The summed E-state index contributed by atoms with van der Waals surface area (Å²) in [6, 6.07) is 4.21. The third-order valence-corrected chi connectivity index (χ3v) is 2.48. The summed E-state index contributed by atoms with van der Waals surface area (Å²) in [6.07, 6.45) is -3.64. The molecule has 1 heterocycles. The molecule has 0 atom stereocenters. The smallest absolute Gasteiger partial charge is 0.395 e. The normalized spacial score (nSPS) is 14.9. The van der Waals surface area contributed by atoms with Crippen LogP contribution in [0.4, 0.5) is 14.5 Å². The zero-order chi connectivity index (χ0) is 14.6. The lowest BCUT2D eigenvalue weighted by Crippen LogP contribution is -2.32. The Balaban J connectivity index is 1.85. The zero-order valence-electron chi connectivity index (χ0n) is 10.7. The van der Waals surface area contributed by atoms with Gasteiger partial charge in [0.15, 0.2) is 11.5 Å². The molecule has 8 heteroatoms. The van der Waals surface area contributed by atoms with Gasteiger partial charge in [-0.15, -0.1) is 8.78 Å². The highest BCUT2D eigenvalue weighted by atomic mass is 19.3. The standard InChI is InChI=1S/C12H14F2N2O4/c1-18-5-4-15-11(17)7-16-8-2-3-9-10(6-8)20-12(13,14)19-9/h2-3,6,16H,4-5,7H2,1H3,(H,15,17). The van der Waals surface area contributed by atoms with Crippen LogP contribution in [-0.2, 0) is 9.53 Å². The minimum absolute atomic E-state index is 0.0136. The molecule has 0 radical (unpaired) electrons. The average molecular weight is 288 g/mol. The molecule has 0 spiro atoms. The zero-order valence-corrected chi connectivity index (χ0v) is 10.7. The molecule has 0 saturated heterocycles. The minimum Gasteiger partial charge on any atom is -0.395 e. The summed E-state index contributed by atoms with van der Waals surface area (Å²) >= 11 is 0. The van der Waals surface area contributed by atoms with Crippen LogP contribution >= 0.6 is 0 Å². The van der Waals surface area contributed by atoms with Gasteiger partial charge >= 0.3 is 6.29 Å². The molecule has 20 heavy (non-hydrogen) atoms. The maximum atomic E-state index is 12.8. The molecule has 1 aromatic rings. The van der Waals surface area contributed by atoms with Crippen LogP contribution in [0.2, 0.25) is 0 Å². The van der Waals surface area contributed by atoms with E-state index in [1.807, 2.05) is 0 Å². The first kappa shape index (κ1) is 14.3. The maximum Gasteiger partial charge on any atom is 0.586 e. The summed E-state index contributed by atoms with van der Waals surface area (Å²) in [5, 5.41) is 5.41. The Kier molecular flexibility index (Phi) is 4.23. The van der Waals surface area contributed by atoms with Gasteiger partial charge in [-0.1, -0.05) is 0 Å². The summed E-state index contributed by atoms with van der Waals surface area (Å²) in [6.45, 7) is 0.842. The van der Waals surface area contributed by atoms with Crippen LogP contribution < -0.4 is 20.1 Å². The molecule has 1 aliphatic rings. The molecule has 1 aliphatic heterocycles. The predicted molar refractivity (Wildman–Crippen MR) is 66.0 cm³/mol. The summed E-state index contributed by atoms with van der Waals surface area (Å²) < 4.78 is 39.0. The molecular formula is C12H14F2N2O4. The molecule has 0 aliphatic carbocycles. The fourth-order valence-corrected chi connectivity index (χ4v) is 1.60. The van der Waals surface area contributed by atoms with E-state index in [4.69, 9.17) is 4.74 Å². The second-order valence-electron chi connectivity index (χ2n) is 4.03. The summed E-state index contributed by atoms with van der Waals surface area (Å²) in [5.41, 5.74) is 0.479. The van der Waals surface area contributed by atoms with Gasteiger partial charge in [0.1, 0.15) is 0 Å². The van der Waals surface area contributed by atoms with Gasteiger partial charge < -0.3 is 24.8 Å². The van der Waals surface area contributed by atoms with Crippen LogP contribution in [0.1, 0.15) is 0 Å². The van der Waals surface area contributed by atoms with E-state index in [2.05, 4.69) is 20.1 Å². The Labute approximate surface area is 114 Å². The molecule has 110 valence electrons. The van der Waals surface area contributed by atoms with Crippen molar-refractivity contribution < 1.29 is 27.8 Å². The lowest BCUT2D eigenvalue weighted by atomic mass is 10.3.